The predicted molar refractivity (Wildman–Crippen MR) is 94.7 cm³/mol. The summed E-state index contributed by atoms with van der Waals surface area (Å²) in [6.07, 6.45) is 7.24. The van der Waals surface area contributed by atoms with Gasteiger partial charge in [-0.25, -0.2) is 0 Å². The maximum atomic E-state index is 12.2. The van der Waals surface area contributed by atoms with Crippen LogP contribution in [-0.2, 0) is 16.8 Å². The molecular weight excluding hydrogens is 300 g/mol. The summed E-state index contributed by atoms with van der Waals surface area (Å²) in [7, 11) is 0. The maximum absolute atomic E-state index is 12.2. The topological polar surface area (TPSA) is 59.0 Å². The second kappa shape index (κ2) is 7.62. The lowest BCUT2D eigenvalue weighted by Gasteiger charge is -2.42. The second-order valence-electron chi connectivity index (χ2n) is 6.79. The van der Waals surface area contributed by atoms with E-state index in [4.69, 9.17) is 0 Å². The molecule has 1 aromatic heterocycles. The maximum Gasteiger partial charge on any atom is 0.233 e. The molecule has 5 nitrogen and oxygen atoms in total. The van der Waals surface area contributed by atoms with Crippen molar-refractivity contribution in [3.05, 3.63) is 54.4 Å². The number of rotatable bonds is 8. The summed E-state index contributed by atoms with van der Waals surface area (Å²) in [5.74, 6) is 0.0597. The molecule has 128 valence electrons. The molecule has 1 aromatic carbocycles. The molecule has 2 N–H and O–H groups in total. The quantitative estimate of drug-likeness (QED) is 0.781. The highest BCUT2D eigenvalue weighted by molar-refractivity contribution is 5.78. The Morgan fingerprint density at radius 3 is 2.71 bits per heavy atom. The van der Waals surface area contributed by atoms with E-state index < -0.39 is 0 Å². The van der Waals surface area contributed by atoms with Crippen LogP contribution in [0.2, 0.25) is 0 Å². The van der Waals surface area contributed by atoms with Crippen molar-refractivity contribution < 1.29 is 4.79 Å². The molecule has 0 aliphatic heterocycles. The molecule has 1 atom stereocenters. The molecule has 5 heteroatoms. The molecule has 0 unspecified atom stereocenters. The van der Waals surface area contributed by atoms with E-state index in [1.54, 1.807) is 6.20 Å². The van der Waals surface area contributed by atoms with Crippen LogP contribution in [0.25, 0.3) is 0 Å². The van der Waals surface area contributed by atoms with Crippen LogP contribution in [-0.4, -0.2) is 34.8 Å². The van der Waals surface area contributed by atoms with Gasteiger partial charge in [0, 0.05) is 30.4 Å². The monoisotopic (exact) mass is 326 g/mol. The van der Waals surface area contributed by atoms with Gasteiger partial charge in [0.2, 0.25) is 5.91 Å². The van der Waals surface area contributed by atoms with Gasteiger partial charge in [-0.2, -0.15) is 5.10 Å². The molecule has 0 radical (unpaired) electrons. The second-order valence-corrected chi connectivity index (χ2v) is 6.79. The highest BCUT2D eigenvalue weighted by atomic mass is 16.1. The van der Waals surface area contributed by atoms with Gasteiger partial charge in [-0.15, -0.1) is 0 Å². The van der Waals surface area contributed by atoms with Gasteiger partial charge in [-0.3, -0.25) is 9.48 Å². The van der Waals surface area contributed by atoms with Crippen LogP contribution in [0.1, 0.15) is 31.7 Å². The van der Waals surface area contributed by atoms with Gasteiger partial charge < -0.3 is 10.6 Å². The standard InChI is InChI=1S/C19H26N4O/c1-16(14-23-12-6-11-22-23)20-13-18(24)21-15-19(9-5-10-19)17-7-3-2-4-8-17/h2-4,6-8,11-12,16,20H,5,9-10,13-15H2,1H3,(H,21,24)/t16-/m0/s1. The molecule has 2 aromatic rings. The Morgan fingerprint density at radius 2 is 2.08 bits per heavy atom. The first-order chi connectivity index (χ1) is 11.7. The molecule has 0 bridgehead atoms. The fourth-order valence-corrected chi connectivity index (χ4v) is 3.31. The van der Waals surface area contributed by atoms with Gasteiger partial charge in [0.1, 0.15) is 0 Å². The minimum absolute atomic E-state index is 0.0597. The summed E-state index contributed by atoms with van der Waals surface area (Å²) in [5.41, 5.74) is 1.48. The Bertz CT molecular complexity index is 635. The van der Waals surface area contributed by atoms with E-state index in [1.807, 2.05) is 23.0 Å². The number of carbonyl (C=O) groups is 1. The molecule has 0 spiro atoms. The van der Waals surface area contributed by atoms with Crippen LogP contribution in [0.15, 0.2) is 48.8 Å². The van der Waals surface area contributed by atoms with Crippen molar-refractivity contribution in [1.82, 2.24) is 20.4 Å². The number of carbonyl (C=O) groups excluding carboxylic acids is 1. The van der Waals surface area contributed by atoms with Crippen LogP contribution < -0.4 is 10.6 Å². The molecule has 1 heterocycles. The van der Waals surface area contributed by atoms with Gasteiger partial charge in [-0.1, -0.05) is 36.8 Å². The van der Waals surface area contributed by atoms with Crippen LogP contribution in [0, 0.1) is 0 Å². The van der Waals surface area contributed by atoms with Crippen molar-refractivity contribution in [2.24, 2.45) is 0 Å². The lowest BCUT2D eigenvalue weighted by atomic mass is 9.64. The van der Waals surface area contributed by atoms with Crippen molar-refractivity contribution in [2.45, 2.75) is 44.2 Å². The Kier molecular flexibility index (Phi) is 5.30. The molecule has 24 heavy (non-hydrogen) atoms. The predicted octanol–water partition coefficient (Wildman–Crippen LogP) is 2.10. The number of amides is 1. The van der Waals surface area contributed by atoms with E-state index in [0.717, 1.165) is 25.9 Å². The third kappa shape index (κ3) is 4.03. The summed E-state index contributed by atoms with van der Waals surface area (Å²) in [6.45, 7) is 3.89. The number of nitrogens with zero attached hydrogens (tertiary/aromatic N) is 2. The van der Waals surface area contributed by atoms with E-state index in [1.165, 1.54) is 12.0 Å². The number of hydrogen-bond acceptors (Lipinski definition) is 3. The Morgan fingerprint density at radius 1 is 1.29 bits per heavy atom. The van der Waals surface area contributed by atoms with Crippen molar-refractivity contribution >= 4 is 5.91 Å². The summed E-state index contributed by atoms with van der Waals surface area (Å²) < 4.78 is 1.87. The largest absolute Gasteiger partial charge is 0.354 e. The Labute approximate surface area is 143 Å². The lowest BCUT2D eigenvalue weighted by molar-refractivity contribution is -0.120. The SMILES string of the molecule is C[C@@H](Cn1cccn1)NCC(=O)NCC1(c2ccccc2)CCC1. The van der Waals surface area contributed by atoms with Gasteiger partial charge in [0.25, 0.3) is 0 Å². The number of benzene rings is 1. The zero-order valence-corrected chi connectivity index (χ0v) is 14.2. The first-order valence-corrected chi connectivity index (χ1v) is 8.71. The zero-order chi connectivity index (χ0) is 16.8. The normalized spacial score (nSPS) is 17.0. The third-order valence-electron chi connectivity index (χ3n) is 4.95. The van der Waals surface area contributed by atoms with E-state index in [2.05, 4.69) is 46.9 Å². The van der Waals surface area contributed by atoms with Crippen LogP contribution in [0.3, 0.4) is 0 Å². The van der Waals surface area contributed by atoms with E-state index in [0.29, 0.717) is 6.54 Å². The number of hydrogen-bond donors (Lipinski definition) is 2. The van der Waals surface area contributed by atoms with Gasteiger partial charge in [0.15, 0.2) is 0 Å². The average Bonchev–Trinajstić information content (AvgIpc) is 3.06. The highest BCUT2D eigenvalue weighted by Crippen LogP contribution is 2.43. The first-order valence-electron chi connectivity index (χ1n) is 8.71. The average molecular weight is 326 g/mol. The summed E-state index contributed by atoms with van der Waals surface area (Å²) in [6, 6.07) is 12.7. The molecule has 3 rings (SSSR count). The van der Waals surface area contributed by atoms with Crippen molar-refractivity contribution in [1.29, 1.82) is 0 Å². The molecule has 0 saturated heterocycles. The molecule has 1 fully saturated rings. The lowest BCUT2D eigenvalue weighted by Crippen LogP contribution is -2.48. The van der Waals surface area contributed by atoms with Crippen LogP contribution in [0.4, 0.5) is 0 Å². The smallest absolute Gasteiger partial charge is 0.233 e. The fraction of sp³-hybridized carbons (Fsp3) is 0.474. The first kappa shape index (κ1) is 16.7. The number of nitrogens with one attached hydrogen (secondary N) is 2. The summed E-state index contributed by atoms with van der Waals surface area (Å²) >= 11 is 0. The van der Waals surface area contributed by atoms with Crippen molar-refractivity contribution in [3.63, 3.8) is 0 Å². The van der Waals surface area contributed by atoms with Gasteiger partial charge in [-0.05, 0) is 31.4 Å². The Hall–Kier alpha value is -2.14. The Balaban J connectivity index is 1.43. The van der Waals surface area contributed by atoms with Gasteiger partial charge >= 0.3 is 0 Å². The molecule has 1 aliphatic rings. The van der Waals surface area contributed by atoms with E-state index >= 15 is 0 Å². The summed E-state index contributed by atoms with van der Waals surface area (Å²) in [5, 5.41) is 10.6. The van der Waals surface area contributed by atoms with Crippen molar-refractivity contribution in [2.75, 3.05) is 13.1 Å². The minimum atomic E-state index is 0.0597. The molecule has 1 aliphatic carbocycles. The molecular formula is C19H26N4O. The van der Waals surface area contributed by atoms with Gasteiger partial charge in [0.05, 0.1) is 13.1 Å². The number of aromatic nitrogens is 2. The highest BCUT2D eigenvalue weighted by Gasteiger charge is 2.38. The zero-order valence-electron chi connectivity index (χ0n) is 14.2. The van der Waals surface area contributed by atoms with Crippen molar-refractivity contribution in [3.8, 4) is 0 Å². The molecule has 1 amide bonds. The van der Waals surface area contributed by atoms with E-state index in [9.17, 15) is 4.79 Å². The molecule has 1 saturated carbocycles. The minimum Gasteiger partial charge on any atom is -0.354 e. The summed E-state index contributed by atoms with van der Waals surface area (Å²) in [4.78, 5) is 12.2. The van der Waals surface area contributed by atoms with E-state index in [-0.39, 0.29) is 17.4 Å². The fourth-order valence-electron chi connectivity index (χ4n) is 3.31. The van der Waals surface area contributed by atoms with Crippen LogP contribution in [0.5, 0.6) is 0 Å². The van der Waals surface area contributed by atoms with Crippen LogP contribution >= 0.6 is 0 Å². The third-order valence-corrected chi connectivity index (χ3v) is 4.95.